The fourth-order valence-corrected chi connectivity index (χ4v) is 2.78. The van der Waals surface area contributed by atoms with Crippen molar-refractivity contribution in [3.05, 3.63) is 59.4 Å². The molecule has 0 spiro atoms. The Morgan fingerprint density at radius 1 is 1.10 bits per heavy atom. The lowest BCUT2D eigenvalue weighted by Crippen LogP contribution is -2.19. The molecule has 0 fully saturated rings. The fraction of sp³-hybridized carbons (Fsp3) is 0.211. The van der Waals surface area contributed by atoms with Crippen LogP contribution in [0, 0.1) is 6.92 Å². The van der Waals surface area contributed by atoms with E-state index >= 15 is 0 Å². The van der Waals surface area contributed by atoms with Gasteiger partial charge in [-0.05, 0) is 19.1 Å². The average molecular weight is 404 g/mol. The number of pyridine rings is 1. The number of hydrogen-bond donors (Lipinski definition) is 3. The molecule has 0 aliphatic heterocycles. The molecule has 0 saturated carbocycles. The van der Waals surface area contributed by atoms with Crippen molar-refractivity contribution in [3.63, 3.8) is 0 Å². The van der Waals surface area contributed by atoms with Gasteiger partial charge in [0.2, 0.25) is 0 Å². The van der Waals surface area contributed by atoms with E-state index < -0.39 is 17.6 Å². The van der Waals surface area contributed by atoms with Gasteiger partial charge in [-0.2, -0.15) is 18.3 Å². The second-order valence-electron chi connectivity index (χ2n) is 6.28. The number of benzene rings is 1. The molecule has 3 N–H and O–H groups in total. The first kappa shape index (κ1) is 20.2. The summed E-state index contributed by atoms with van der Waals surface area (Å²) in [6, 6.07) is 9.29. The van der Waals surface area contributed by atoms with E-state index in [9.17, 15) is 18.0 Å². The number of alkyl halides is 3. The van der Waals surface area contributed by atoms with Gasteiger partial charge in [-0.3, -0.25) is 9.48 Å². The van der Waals surface area contributed by atoms with E-state index in [-0.39, 0.29) is 22.8 Å². The van der Waals surface area contributed by atoms with Crippen molar-refractivity contribution in [2.45, 2.75) is 13.1 Å². The van der Waals surface area contributed by atoms with Crippen LogP contribution < -0.4 is 16.0 Å². The molecule has 0 bridgehead atoms. The maximum Gasteiger partial charge on any atom is 0.419 e. The highest BCUT2D eigenvalue weighted by Gasteiger charge is 2.34. The third-order valence-electron chi connectivity index (χ3n) is 4.14. The van der Waals surface area contributed by atoms with Crippen LogP contribution in [0.15, 0.2) is 42.6 Å². The van der Waals surface area contributed by atoms with Crippen LogP contribution in [-0.2, 0) is 13.2 Å². The normalized spacial score (nSPS) is 11.2. The minimum atomic E-state index is -4.63. The number of nitrogens with one attached hydrogen (secondary N) is 3. The van der Waals surface area contributed by atoms with E-state index in [2.05, 4.69) is 26.0 Å². The van der Waals surface area contributed by atoms with Crippen molar-refractivity contribution >= 4 is 28.9 Å². The van der Waals surface area contributed by atoms with Crippen LogP contribution >= 0.6 is 0 Å². The van der Waals surface area contributed by atoms with Crippen LogP contribution in [0.25, 0.3) is 0 Å². The summed E-state index contributed by atoms with van der Waals surface area (Å²) in [6.45, 7) is 1.80. The van der Waals surface area contributed by atoms with Gasteiger partial charge in [0.05, 0.1) is 28.2 Å². The van der Waals surface area contributed by atoms with E-state index in [1.165, 1.54) is 25.2 Å². The molecular formula is C19H19F3N6O. The predicted molar refractivity (Wildman–Crippen MR) is 104 cm³/mol. The van der Waals surface area contributed by atoms with Crippen molar-refractivity contribution in [3.8, 4) is 0 Å². The van der Waals surface area contributed by atoms with Crippen LogP contribution in [0.3, 0.4) is 0 Å². The van der Waals surface area contributed by atoms with Gasteiger partial charge in [-0.25, -0.2) is 4.98 Å². The summed E-state index contributed by atoms with van der Waals surface area (Å²) in [5.41, 5.74) is 0.0311. The lowest BCUT2D eigenvalue weighted by Gasteiger charge is -2.17. The molecule has 3 rings (SSSR count). The van der Waals surface area contributed by atoms with E-state index in [0.717, 1.165) is 11.9 Å². The molecule has 3 aromatic rings. The second kappa shape index (κ2) is 7.82. The topological polar surface area (TPSA) is 83.9 Å². The van der Waals surface area contributed by atoms with Crippen molar-refractivity contribution in [1.29, 1.82) is 0 Å². The number of carbonyl (C=O) groups excluding carboxylic acids is 1. The minimum absolute atomic E-state index is 0.195. The van der Waals surface area contributed by atoms with E-state index in [1.807, 2.05) is 0 Å². The molecule has 0 saturated heterocycles. The molecule has 1 aromatic carbocycles. The standard InChI is InChI=1S/C19H19F3N6O/c1-11-8-17(28(3)27-11)26-16-9-15(13(10-24-16)19(20,21)22)25-14-7-5-4-6-12(14)18(29)23-2/h4-10H,1-3H3,(H,23,29)(H2,24,25,26). The third kappa shape index (κ3) is 4.48. The van der Waals surface area contributed by atoms with Gasteiger partial charge in [0, 0.05) is 32.4 Å². The Bertz CT molecular complexity index is 1040. The molecule has 152 valence electrons. The zero-order valence-electron chi connectivity index (χ0n) is 15.9. The zero-order valence-corrected chi connectivity index (χ0v) is 15.9. The van der Waals surface area contributed by atoms with Gasteiger partial charge in [0.1, 0.15) is 11.6 Å². The summed E-state index contributed by atoms with van der Waals surface area (Å²) in [4.78, 5) is 15.9. The Morgan fingerprint density at radius 3 is 2.45 bits per heavy atom. The molecule has 0 unspecified atom stereocenters. The fourth-order valence-electron chi connectivity index (χ4n) is 2.78. The number of amides is 1. The van der Waals surface area contributed by atoms with Crippen LogP contribution in [0.4, 0.5) is 36.2 Å². The summed E-state index contributed by atoms with van der Waals surface area (Å²) in [5, 5.41) is 12.3. The molecule has 7 nitrogen and oxygen atoms in total. The number of carbonyl (C=O) groups is 1. The van der Waals surface area contributed by atoms with Crippen molar-refractivity contribution in [2.75, 3.05) is 17.7 Å². The summed E-state index contributed by atoms with van der Waals surface area (Å²) in [7, 11) is 3.16. The van der Waals surface area contributed by atoms with Crippen molar-refractivity contribution in [1.82, 2.24) is 20.1 Å². The number of rotatable bonds is 5. The number of para-hydroxylation sites is 1. The smallest absolute Gasteiger partial charge is 0.355 e. The summed E-state index contributed by atoms with van der Waals surface area (Å²) >= 11 is 0. The SMILES string of the molecule is CNC(=O)c1ccccc1Nc1cc(Nc2cc(C)nn2C)ncc1C(F)(F)F. The molecule has 1 amide bonds. The van der Waals surface area contributed by atoms with Crippen molar-refractivity contribution in [2.24, 2.45) is 7.05 Å². The molecule has 10 heteroatoms. The molecule has 0 radical (unpaired) electrons. The van der Waals surface area contributed by atoms with E-state index in [4.69, 9.17) is 0 Å². The number of anilines is 4. The van der Waals surface area contributed by atoms with Gasteiger partial charge in [0.15, 0.2) is 0 Å². The Kier molecular flexibility index (Phi) is 5.44. The number of halogens is 3. The van der Waals surface area contributed by atoms with Gasteiger partial charge < -0.3 is 16.0 Å². The van der Waals surface area contributed by atoms with Crippen LogP contribution in [0.1, 0.15) is 21.6 Å². The largest absolute Gasteiger partial charge is 0.419 e. The number of aryl methyl sites for hydroxylation is 2. The van der Waals surface area contributed by atoms with Crippen molar-refractivity contribution < 1.29 is 18.0 Å². The lowest BCUT2D eigenvalue weighted by atomic mass is 10.1. The Hall–Kier alpha value is -3.56. The highest BCUT2D eigenvalue weighted by Crippen LogP contribution is 2.37. The molecular weight excluding hydrogens is 385 g/mol. The Labute approximate surface area is 165 Å². The summed E-state index contributed by atoms with van der Waals surface area (Å²) < 4.78 is 42.1. The molecule has 29 heavy (non-hydrogen) atoms. The van der Waals surface area contributed by atoms with Gasteiger partial charge in [-0.15, -0.1) is 0 Å². The van der Waals surface area contributed by atoms with E-state index in [0.29, 0.717) is 5.82 Å². The average Bonchev–Trinajstić information content (AvgIpc) is 2.97. The molecule has 2 heterocycles. The predicted octanol–water partition coefficient (Wildman–Crippen LogP) is 3.99. The number of aromatic nitrogens is 3. The molecule has 0 aliphatic rings. The first-order valence-electron chi connectivity index (χ1n) is 8.62. The molecule has 2 aromatic heterocycles. The zero-order chi connectivity index (χ0) is 21.2. The molecule has 0 aliphatic carbocycles. The van der Waals surface area contributed by atoms with Crippen LogP contribution in [-0.4, -0.2) is 27.7 Å². The lowest BCUT2D eigenvalue weighted by molar-refractivity contribution is -0.137. The monoisotopic (exact) mass is 404 g/mol. The molecule has 0 atom stereocenters. The third-order valence-corrected chi connectivity index (χ3v) is 4.14. The maximum absolute atomic E-state index is 13.5. The highest BCUT2D eigenvalue weighted by atomic mass is 19.4. The van der Waals surface area contributed by atoms with Crippen LogP contribution in [0.5, 0.6) is 0 Å². The van der Waals surface area contributed by atoms with Gasteiger partial charge in [0.25, 0.3) is 5.91 Å². The van der Waals surface area contributed by atoms with E-state index in [1.54, 1.807) is 36.9 Å². The minimum Gasteiger partial charge on any atom is -0.355 e. The highest BCUT2D eigenvalue weighted by molar-refractivity contribution is 6.00. The quantitative estimate of drug-likeness (QED) is 0.599. The van der Waals surface area contributed by atoms with Gasteiger partial charge >= 0.3 is 6.18 Å². The Morgan fingerprint density at radius 2 is 1.83 bits per heavy atom. The second-order valence-corrected chi connectivity index (χ2v) is 6.28. The van der Waals surface area contributed by atoms with Crippen LogP contribution in [0.2, 0.25) is 0 Å². The first-order valence-corrected chi connectivity index (χ1v) is 8.62. The summed E-state index contributed by atoms with van der Waals surface area (Å²) in [6.07, 6.45) is -3.88. The number of nitrogens with zero attached hydrogens (tertiary/aromatic N) is 3. The van der Waals surface area contributed by atoms with Gasteiger partial charge in [-0.1, -0.05) is 12.1 Å². The Balaban J connectivity index is 2.02. The number of hydrogen-bond acceptors (Lipinski definition) is 5. The first-order chi connectivity index (χ1) is 13.7. The summed E-state index contributed by atoms with van der Waals surface area (Å²) in [5.74, 6) is 0.354. The maximum atomic E-state index is 13.5.